The molecule has 0 saturated carbocycles. The van der Waals surface area contributed by atoms with Crippen molar-refractivity contribution in [2.45, 2.75) is 25.7 Å². The molecule has 2 aliphatic carbocycles. The Morgan fingerprint density at radius 1 is 1.00 bits per heavy atom. The molecule has 1 heterocycles. The molecule has 0 spiro atoms. The van der Waals surface area contributed by atoms with Crippen molar-refractivity contribution in [2.24, 2.45) is 0 Å². The Balaban J connectivity index is 1.86. The highest BCUT2D eigenvalue weighted by atomic mass is 16.3. The fourth-order valence-electron chi connectivity index (χ4n) is 4.10. The Hall–Kier alpha value is -2.28. The number of furan rings is 1. The molecule has 0 N–H and O–H groups in total. The zero-order valence-corrected chi connectivity index (χ0v) is 12.0. The van der Waals surface area contributed by atoms with Crippen molar-refractivity contribution in [1.82, 2.24) is 0 Å². The van der Waals surface area contributed by atoms with Gasteiger partial charge in [0.05, 0.1) is 0 Å². The molecule has 0 bridgehead atoms. The lowest BCUT2D eigenvalue weighted by Crippen LogP contribution is -2.05. The summed E-state index contributed by atoms with van der Waals surface area (Å²) in [5.41, 5.74) is 8.17. The minimum atomic E-state index is 0.539. The van der Waals surface area contributed by atoms with Gasteiger partial charge in [0.15, 0.2) is 0 Å². The molecule has 102 valence electrons. The zero-order valence-electron chi connectivity index (χ0n) is 12.0. The van der Waals surface area contributed by atoms with Gasteiger partial charge in [-0.2, -0.15) is 0 Å². The summed E-state index contributed by atoms with van der Waals surface area (Å²) >= 11 is 0. The van der Waals surface area contributed by atoms with E-state index in [9.17, 15) is 0 Å². The summed E-state index contributed by atoms with van der Waals surface area (Å²) < 4.78 is 6.27. The van der Waals surface area contributed by atoms with Crippen molar-refractivity contribution in [3.05, 3.63) is 76.6 Å². The quantitative estimate of drug-likeness (QED) is 0.541. The van der Waals surface area contributed by atoms with Crippen molar-refractivity contribution in [2.75, 3.05) is 0 Å². The fourth-order valence-corrected chi connectivity index (χ4v) is 4.10. The van der Waals surface area contributed by atoms with Gasteiger partial charge in [0.2, 0.25) is 0 Å². The van der Waals surface area contributed by atoms with Crippen LogP contribution in [0.1, 0.15) is 41.7 Å². The molecule has 21 heavy (non-hydrogen) atoms. The average Bonchev–Trinajstić information content (AvgIpc) is 3.04. The molecule has 5 rings (SSSR count). The lowest BCUT2D eigenvalue weighted by atomic mass is 9.82. The van der Waals surface area contributed by atoms with Gasteiger partial charge >= 0.3 is 0 Å². The summed E-state index contributed by atoms with van der Waals surface area (Å²) in [5, 5.41) is 1.29. The highest BCUT2D eigenvalue weighted by Crippen LogP contribution is 2.50. The molecule has 0 fully saturated rings. The first-order valence-corrected chi connectivity index (χ1v) is 7.65. The van der Waals surface area contributed by atoms with Gasteiger partial charge in [-0.15, -0.1) is 0 Å². The highest BCUT2D eigenvalue weighted by Gasteiger charge is 2.34. The van der Waals surface area contributed by atoms with E-state index in [2.05, 4.69) is 55.5 Å². The van der Waals surface area contributed by atoms with E-state index in [4.69, 9.17) is 4.42 Å². The molecule has 1 heteroatoms. The SMILES string of the molecule is CC1CC2=C(c3ccccc3C2)c2oc3ccccc3c21. The summed E-state index contributed by atoms with van der Waals surface area (Å²) in [6, 6.07) is 17.2. The normalized spacial score (nSPS) is 19.6. The van der Waals surface area contributed by atoms with Crippen LogP contribution < -0.4 is 0 Å². The Bertz CT molecular complexity index is 910. The molecule has 0 radical (unpaired) electrons. The van der Waals surface area contributed by atoms with Crippen LogP contribution in [0.25, 0.3) is 16.5 Å². The maximum Gasteiger partial charge on any atom is 0.139 e. The van der Waals surface area contributed by atoms with Crippen LogP contribution in [0.4, 0.5) is 0 Å². The topological polar surface area (TPSA) is 13.1 Å². The van der Waals surface area contributed by atoms with E-state index in [0.29, 0.717) is 5.92 Å². The van der Waals surface area contributed by atoms with Gasteiger partial charge in [0.25, 0.3) is 0 Å². The van der Waals surface area contributed by atoms with Gasteiger partial charge in [-0.25, -0.2) is 0 Å². The number of hydrogen-bond donors (Lipinski definition) is 0. The van der Waals surface area contributed by atoms with Crippen LogP contribution in [-0.2, 0) is 6.42 Å². The third kappa shape index (κ3) is 1.41. The molecule has 1 nitrogen and oxygen atoms in total. The second kappa shape index (κ2) is 3.88. The van der Waals surface area contributed by atoms with Crippen LogP contribution >= 0.6 is 0 Å². The summed E-state index contributed by atoms with van der Waals surface area (Å²) in [6.07, 6.45) is 2.24. The number of allylic oxidation sites excluding steroid dienone is 1. The lowest BCUT2D eigenvalue weighted by molar-refractivity contribution is 0.578. The number of rotatable bonds is 0. The van der Waals surface area contributed by atoms with E-state index in [0.717, 1.165) is 24.2 Å². The molecular weight excluding hydrogens is 256 g/mol. The molecule has 2 aromatic carbocycles. The minimum Gasteiger partial charge on any atom is -0.456 e. The van der Waals surface area contributed by atoms with Crippen molar-refractivity contribution in [3.63, 3.8) is 0 Å². The standard InChI is InChI=1S/C20H16O/c1-12-10-14-11-13-6-2-3-7-15(13)19(14)20-18(12)16-8-4-5-9-17(16)21-20/h2-9,12H,10-11H2,1H3. The Kier molecular flexibility index (Phi) is 2.11. The van der Waals surface area contributed by atoms with E-state index >= 15 is 0 Å². The first kappa shape index (κ1) is 11.4. The van der Waals surface area contributed by atoms with Crippen molar-refractivity contribution >= 4 is 16.5 Å². The molecule has 0 aliphatic heterocycles. The van der Waals surface area contributed by atoms with Gasteiger partial charge in [-0.05, 0) is 36.0 Å². The summed E-state index contributed by atoms with van der Waals surface area (Å²) in [5.74, 6) is 1.66. The van der Waals surface area contributed by atoms with Gasteiger partial charge in [0.1, 0.15) is 11.3 Å². The second-order valence-corrected chi connectivity index (χ2v) is 6.26. The molecule has 0 saturated heterocycles. The fraction of sp³-hybridized carbons (Fsp3) is 0.200. The Morgan fingerprint density at radius 2 is 1.81 bits per heavy atom. The van der Waals surface area contributed by atoms with Crippen molar-refractivity contribution in [3.8, 4) is 0 Å². The number of hydrogen-bond acceptors (Lipinski definition) is 1. The first-order valence-electron chi connectivity index (χ1n) is 7.65. The third-order valence-corrected chi connectivity index (χ3v) is 4.95. The number of benzene rings is 2. The van der Waals surface area contributed by atoms with Crippen LogP contribution in [0.15, 0.2) is 58.5 Å². The molecule has 1 unspecified atom stereocenters. The number of para-hydroxylation sites is 1. The monoisotopic (exact) mass is 272 g/mol. The first-order chi connectivity index (χ1) is 10.3. The molecule has 2 aliphatic rings. The van der Waals surface area contributed by atoms with Gasteiger partial charge in [-0.3, -0.25) is 0 Å². The smallest absolute Gasteiger partial charge is 0.139 e. The Labute approximate surface area is 123 Å². The predicted molar refractivity (Wildman–Crippen MR) is 85.4 cm³/mol. The lowest BCUT2D eigenvalue weighted by Gasteiger charge is -2.20. The maximum atomic E-state index is 6.27. The zero-order chi connectivity index (χ0) is 14.0. The summed E-state index contributed by atoms with van der Waals surface area (Å²) in [4.78, 5) is 0. The van der Waals surface area contributed by atoms with Gasteiger partial charge in [0, 0.05) is 16.5 Å². The van der Waals surface area contributed by atoms with Crippen molar-refractivity contribution in [1.29, 1.82) is 0 Å². The van der Waals surface area contributed by atoms with Crippen molar-refractivity contribution < 1.29 is 4.42 Å². The van der Waals surface area contributed by atoms with E-state index in [1.165, 1.54) is 27.6 Å². The van der Waals surface area contributed by atoms with Crippen LogP contribution in [0.2, 0.25) is 0 Å². The second-order valence-electron chi connectivity index (χ2n) is 6.26. The van der Waals surface area contributed by atoms with E-state index < -0.39 is 0 Å². The summed E-state index contributed by atoms with van der Waals surface area (Å²) in [7, 11) is 0. The van der Waals surface area contributed by atoms with E-state index in [1.54, 1.807) is 5.57 Å². The van der Waals surface area contributed by atoms with Gasteiger partial charge in [-0.1, -0.05) is 55.0 Å². The average molecular weight is 272 g/mol. The van der Waals surface area contributed by atoms with Crippen LogP contribution in [0.3, 0.4) is 0 Å². The highest BCUT2D eigenvalue weighted by molar-refractivity contribution is 5.95. The van der Waals surface area contributed by atoms with E-state index in [1.807, 2.05) is 0 Å². The Morgan fingerprint density at radius 3 is 2.76 bits per heavy atom. The van der Waals surface area contributed by atoms with Gasteiger partial charge < -0.3 is 4.42 Å². The number of fused-ring (bicyclic) bond motifs is 6. The molecular formula is C20H16O. The molecule has 1 atom stereocenters. The van der Waals surface area contributed by atoms with Crippen LogP contribution in [0, 0.1) is 0 Å². The minimum absolute atomic E-state index is 0.539. The summed E-state index contributed by atoms with van der Waals surface area (Å²) in [6.45, 7) is 2.33. The van der Waals surface area contributed by atoms with E-state index in [-0.39, 0.29) is 0 Å². The molecule has 3 aromatic rings. The third-order valence-electron chi connectivity index (χ3n) is 4.95. The molecule has 0 amide bonds. The largest absolute Gasteiger partial charge is 0.456 e. The van der Waals surface area contributed by atoms with Crippen LogP contribution in [0.5, 0.6) is 0 Å². The predicted octanol–water partition coefficient (Wildman–Crippen LogP) is 5.30. The molecule has 1 aromatic heterocycles. The van der Waals surface area contributed by atoms with Crippen LogP contribution in [-0.4, -0.2) is 0 Å². The maximum absolute atomic E-state index is 6.27.